The van der Waals surface area contributed by atoms with Crippen molar-refractivity contribution in [1.82, 2.24) is 4.98 Å². The van der Waals surface area contributed by atoms with E-state index >= 15 is 0 Å². The van der Waals surface area contributed by atoms with Gasteiger partial charge < -0.3 is 14.8 Å². The largest absolute Gasteiger partial charge is 0.497 e. The summed E-state index contributed by atoms with van der Waals surface area (Å²) in [6.07, 6.45) is 0. The van der Waals surface area contributed by atoms with Crippen LogP contribution in [-0.2, 0) is 4.79 Å². The smallest absolute Gasteiger partial charge is 0.239 e. The van der Waals surface area contributed by atoms with Gasteiger partial charge in [0.25, 0.3) is 0 Å². The molecular formula is C21H22N2O3S2. The lowest BCUT2D eigenvalue weighted by atomic mass is 10.1. The van der Waals surface area contributed by atoms with Crippen LogP contribution in [-0.4, -0.2) is 30.4 Å². The third kappa shape index (κ3) is 4.85. The van der Waals surface area contributed by atoms with Crippen molar-refractivity contribution in [2.45, 2.75) is 24.0 Å². The van der Waals surface area contributed by atoms with Crippen molar-refractivity contribution in [1.29, 1.82) is 0 Å². The molecule has 0 aliphatic heterocycles. The molecule has 7 heteroatoms. The van der Waals surface area contributed by atoms with E-state index in [9.17, 15) is 4.79 Å². The maximum absolute atomic E-state index is 12.5. The lowest BCUT2D eigenvalue weighted by molar-refractivity contribution is -0.115. The van der Waals surface area contributed by atoms with E-state index in [4.69, 9.17) is 9.47 Å². The fourth-order valence-corrected chi connectivity index (χ4v) is 4.13. The Kier molecular flexibility index (Phi) is 6.59. The number of carbonyl (C=O) groups is 1. The Morgan fingerprint density at radius 2 is 1.89 bits per heavy atom. The van der Waals surface area contributed by atoms with Gasteiger partial charge in [0.15, 0.2) is 5.13 Å². The van der Waals surface area contributed by atoms with Crippen LogP contribution in [0, 0.1) is 6.92 Å². The molecule has 0 saturated carbocycles. The van der Waals surface area contributed by atoms with Crippen LogP contribution in [0.5, 0.6) is 11.5 Å². The van der Waals surface area contributed by atoms with Crippen LogP contribution < -0.4 is 14.8 Å². The minimum atomic E-state index is -0.235. The molecule has 146 valence electrons. The maximum Gasteiger partial charge on any atom is 0.239 e. The number of anilines is 1. The van der Waals surface area contributed by atoms with Crippen molar-refractivity contribution < 1.29 is 14.3 Å². The fraction of sp³-hybridized carbons (Fsp3) is 0.238. The summed E-state index contributed by atoms with van der Waals surface area (Å²) in [5, 5.41) is 5.12. The molecule has 2 aromatic carbocycles. The van der Waals surface area contributed by atoms with E-state index in [0.717, 1.165) is 21.9 Å². The lowest BCUT2D eigenvalue weighted by Gasteiger charge is -2.11. The number of thioether (sulfide) groups is 1. The summed E-state index contributed by atoms with van der Waals surface area (Å²) in [4.78, 5) is 18.2. The van der Waals surface area contributed by atoms with Crippen LogP contribution >= 0.6 is 23.1 Å². The summed E-state index contributed by atoms with van der Waals surface area (Å²) < 4.78 is 10.7. The lowest BCUT2D eigenvalue weighted by Crippen LogP contribution is -2.22. The van der Waals surface area contributed by atoms with Crippen molar-refractivity contribution >= 4 is 34.1 Å². The van der Waals surface area contributed by atoms with Gasteiger partial charge in [-0.3, -0.25) is 4.79 Å². The van der Waals surface area contributed by atoms with Gasteiger partial charge in [0.1, 0.15) is 11.5 Å². The molecule has 0 bridgehead atoms. The van der Waals surface area contributed by atoms with Gasteiger partial charge in [-0.15, -0.1) is 23.1 Å². The van der Waals surface area contributed by atoms with Gasteiger partial charge >= 0.3 is 0 Å². The molecule has 1 aromatic heterocycles. The molecule has 0 spiro atoms. The van der Waals surface area contributed by atoms with E-state index in [1.165, 1.54) is 28.7 Å². The first-order valence-electron chi connectivity index (χ1n) is 8.72. The van der Waals surface area contributed by atoms with Crippen LogP contribution in [0.1, 0.15) is 12.5 Å². The van der Waals surface area contributed by atoms with Crippen molar-refractivity contribution in [3.8, 4) is 22.8 Å². The van der Waals surface area contributed by atoms with Crippen LogP contribution in [0.25, 0.3) is 11.3 Å². The van der Waals surface area contributed by atoms with Gasteiger partial charge in [0.05, 0.1) is 25.2 Å². The first kappa shape index (κ1) is 20.2. The highest BCUT2D eigenvalue weighted by molar-refractivity contribution is 8.00. The molecule has 0 aliphatic rings. The summed E-state index contributed by atoms with van der Waals surface area (Å²) in [6, 6.07) is 13.7. The number of rotatable bonds is 7. The highest BCUT2D eigenvalue weighted by Gasteiger charge is 2.17. The number of aryl methyl sites for hydroxylation is 1. The van der Waals surface area contributed by atoms with E-state index in [1.807, 2.05) is 61.7 Å². The van der Waals surface area contributed by atoms with Gasteiger partial charge in [-0.2, -0.15) is 0 Å². The fourth-order valence-electron chi connectivity index (χ4n) is 2.55. The topological polar surface area (TPSA) is 60.5 Å². The number of nitrogens with zero attached hydrogens (tertiary/aromatic N) is 1. The zero-order valence-electron chi connectivity index (χ0n) is 16.2. The molecule has 1 atom stereocenters. The Balaban J connectivity index is 1.70. The molecule has 28 heavy (non-hydrogen) atoms. The minimum absolute atomic E-state index is 0.0796. The molecule has 3 aromatic rings. The average molecular weight is 415 g/mol. The number of carbonyl (C=O) groups excluding carboxylic acids is 1. The van der Waals surface area contributed by atoms with Crippen molar-refractivity contribution in [2.24, 2.45) is 0 Å². The minimum Gasteiger partial charge on any atom is -0.497 e. The number of methoxy groups -OCH3 is 2. The number of hydrogen-bond acceptors (Lipinski definition) is 6. The number of thiazole rings is 1. The number of aromatic nitrogens is 1. The summed E-state index contributed by atoms with van der Waals surface area (Å²) in [7, 11) is 3.23. The molecule has 1 unspecified atom stereocenters. The number of benzene rings is 2. The predicted molar refractivity (Wildman–Crippen MR) is 116 cm³/mol. The Hall–Kier alpha value is -2.51. The Morgan fingerprint density at radius 1 is 1.14 bits per heavy atom. The molecule has 3 rings (SSSR count). The van der Waals surface area contributed by atoms with Gasteiger partial charge in [-0.05, 0) is 44.2 Å². The molecule has 0 radical (unpaired) electrons. The monoisotopic (exact) mass is 414 g/mol. The van der Waals surface area contributed by atoms with Crippen LogP contribution in [0.2, 0.25) is 0 Å². The van der Waals surface area contributed by atoms with Gasteiger partial charge in [0, 0.05) is 15.8 Å². The second-order valence-electron chi connectivity index (χ2n) is 6.17. The van der Waals surface area contributed by atoms with Crippen LogP contribution in [0.3, 0.4) is 0 Å². The molecule has 0 fully saturated rings. The molecule has 0 aliphatic carbocycles. The second-order valence-corrected chi connectivity index (χ2v) is 8.44. The molecular weight excluding hydrogens is 392 g/mol. The van der Waals surface area contributed by atoms with Crippen molar-refractivity contribution in [3.63, 3.8) is 0 Å². The summed E-state index contributed by atoms with van der Waals surface area (Å²) in [6.45, 7) is 3.93. The SMILES string of the molecule is COc1ccc(OC)c(-c2csc(NC(=O)C(C)Sc3ccc(C)cc3)n2)c1. The van der Waals surface area contributed by atoms with Crippen molar-refractivity contribution in [2.75, 3.05) is 19.5 Å². The van der Waals surface area contributed by atoms with Gasteiger partial charge in [0.2, 0.25) is 5.91 Å². The summed E-state index contributed by atoms with van der Waals surface area (Å²) in [5.41, 5.74) is 2.75. The molecule has 1 heterocycles. The summed E-state index contributed by atoms with van der Waals surface area (Å²) >= 11 is 2.90. The molecule has 1 amide bonds. The Labute approximate surface area is 173 Å². The predicted octanol–water partition coefficient (Wildman–Crippen LogP) is 5.26. The zero-order valence-corrected chi connectivity index (χ0v) is 17.8. The van der Waals surface area contributed by atoms with E-state index < -0.39 is 0 Å². The normalized spacial score (nSPS) is 11.7. The molecule has 0 saturated heterocycles. The summed E-state index contributed by atoms with van der Waals surface area (Å²) in [5.74, 6) is 1.34. The number of hydrogen-bond donors (Lipinski definition) is 1. The quantitative estimate of drug-likeness (QED) is 0.535. The molecule has 1 N–H and O–H groups in total. The third-order valence-corrected chi connectivity index (χ3v) is 5.99. The average Bonchev–Trinajstić information content (AvgIpc) is 3.17. The number of amides is 1. The number of nitrogens with one attached hydrogen (secondary N) is 1. The van der Waals surface area contributed by atoms with Gasteiger partial charge in [-0.25, -0.2) is 4.98 Å². The highest BCUT2D eigenvalue weighted by Crippen LogP contribution is 2.35. The first-order valence-corrected chi connectivity index (χ1v) is 10.5. The van der Waals surface area contributed by atoms with E-state index in [1.54, 1.807) is 14.2 Å². The first-order chi connectivity index (χ1) is 13.5. The standard InChI is InChI=1S/C21H22N2O3S2/c1-13-5-8-16(9-6-13)28-14(2)20(24)23-21-22-18(12-27-21)17-11-15(25-3)7-10-19(17)26-4/h5-12,14H,1-4H3,(H,22,23,24). The van der Waals surface area contributed by atoms with Crippen LogP contribution in [0.4, 0.5) is 5.13 Å². The van der Waals surface area contributed by atoms with Gasteiger partial charge in [-0.1, -0.05) is 17.7 Å². The van der Waals surface area contributed by atoms with E-state index in [2.05, 4.69) is 10.3 Å². The molecule has 5 nitrogen and oxygen atoms in total. The van der Waals surface area contributed by atoms with E-state index in [0.29, 0.717) is 10.9 Å². The van der Waals surface area contributed by atoms with Crippen LogP contribution in [0.15, 0.2) is 52.7 Å². The second kappa shape index (κ2) is 9.12. The third-order valence-electron chi connectivity index (χ3n) is 4.12. The highest BCUT2D eigenvalue weighted by atomic mass is 32.2. The van der Waals surface area contributed by atoms with Crippen molar-refractivity contribution in [3.05, 3.63) is 53.4 Å². The van der Waals surface area contributed by atoms with E-state index in [-0.39, 0.29) is 11.2 Å². The maximum atomic E-state index is 12.5. The Morgan fingerprint density at radius 3 is 2.57 bits per heavy atom. The Bertz CT molecular complexity index is 955. The zero-order chi connectivity index (χ0) is 20.1. The number of ether oxygens (including phenoxy) is 2.